The van der Waals surface area contributed by atoms with E-state index in [-0.39, 0.29) is 16.8 Å². The summed E-state index contributed by atoms with van der Waals surface area (Å²) in [5.74, 6) is 5.11. The molecule has 0 unspecified atom stereocenters. The minimum atomic E-state index is -0.0717. The molecule has 1 amide bonds. The van der Waals surface area contributed by atoms with E-state index in [1.165, 1.54) is 5.56 Å². The Morgan fingerprint density at radius 3 is 2.71 bits per heavy atom. The van der Waals surface area contributed by atoms with Crippen LogP contribution in [0, 0.1) is 0 Å². The fourth-order valence-electron chi connectivity index (χ4n) is 1.22. The van der Waals surface area contributed by atoms with Gasteiger partial charge in [-0.3, -0.25) is 4.79 Å². The SMILES string of the molecule is NN=C(N)SCC(=O)NCCc1ccccc1. The number of benzene rings is 1. The molecule has 0 bridgehead atoms. The monoisotopic (exact) mass is 252 g/mol. The molecule has 0 aliphatic heterocycles. The molecule has 0 heterocycles. The topological polar surface area (TPSA) is 93.5 Å². The van der Waals surface area contributed by atoms with Gasteiger partial charge in [0.15, 0.2) is 5.17 Å². The summed E-state index contributed by atoms with van der Waals surface area (Å²) in [4.78, 5) is 11.4. The molecule has 0 saturated heterocycles. The molecule has 1 aromatic carbocycles. The molecule has 17 heavy (non-hydrogen) atoms. The van der Waals surface area contributed by atoms with Gasteiger partial charge in [0.05, 0.1) is 5.75 Å². The maximum absolute atomic E-state index is 11.4. The number of nitrogens with one attached hydrogen (secondary N) is 1. The van der Waals surface area contributed by atoms with E-state index in [9.17, 15) is 4.79 Å². The van der Waals surface area contributed by atoms with Crippen LogP contribution in [0.5, 0.6) is 0 Å². The molecule has 0 spiro atoms. The molecule has 0 radical (unpaired) electrons. The number of amides is 1. The van der Waals surface area contributed by atoms with Crippen LogP contribution < -0.4 is 16.9 Å². The van der Waals surface area contributed by atoms with Crippen LogP contribution in [0.3, 0.4) is 0 Å². The van der Waals surface area contributed by atoms with E-state index in [0.29, 0.717) is 6.54 Å². The molecule has 0 atom stereocenters. The Morgan fingerprint density at radius 1 is 1.35 bits per heavy atom. The van der Waals surface area contributed by atoms with Crippen molar-refractivity contribution in [2.75, 3.05) is 12.3 Å². The Kier molecular flexibility index (Phi) is 5.95. The zero-order chi connectivity index (χ0) is 12.5. The smallest absolute Gasteiger partial charge is 0.230 e. The summed E-state index contributed by atoms with van der Waals surface area (Å²) in [6.07, 6.45) is 0.817. The first-order chi connectivity index (χ1) is 8.22. The Labute approximate surface area is 105 Å². The lowest BCUT2D eigenvalue weighted by Crippen LogP contribution is -2.28. The summed E-state index contributed by atoms with van der Waals surface area (Å²) in [6.45, 7) is 0.614. The van der Waals surface area contributed by atoms with Crippen molar-refractivity contribution in [2.24, 2.45) is 16.7 Å². The third-order valence-electron chi connectivity index (χ3n) is 2.06. The molecule has 92 valence electrons. The number of carbonyl (C=O) groups excluding carboxylic acids is 1. The van der Waals surface area contributed by atoms with Gasteiger partial charge in [0.25, 0.3) is 0 Å². The Balaban J connectivity index is 2.16. The fraction of sp³-hybridized carbons (Fsp3) is 0.273. The maximum atomic E-state index is 11.4. The molecule has 0 fully saturated rings. The van der Waals surface area contributed by atoms with Crippen molar-refractivity contribution in [3.8, 4) is 0 Å². The molecule has 5 nitrogen and oxygen atoms in total. The van der Waals surface area contributed by atoms with Crippen molar-refractivity contribution < 1.29 is 4.79 Å². The molecular weight excluding hydrogens is 236 g/mol. The Bertz CT molecular complexity index is 380. The quantitative estimate of drug-likeness (QED) is 0.303. The van der Waals surface area contributed by atoms with Gasteiger partial charge in [0.2, 0.25) is 5.91 Å². The molecule has 0 aliphatic carbocycles. The van der Waals surface area contributed by atoms with Gasteiger partial charge >= 0.3 is 0 Å². The van der Waals surface area contributed by atoms with Gasteiger partial charge in [-0.15, -0.1) is 0 Å². The Morgan fingerprint density at radius 2 is 2.06 bits per heavy atom. The molecular formula is C11H16N4OS. The highest BCUT2D eigenvalue weighted by atomic mass is 32.2. The third-order valence-corrected chi connectivity index (χ3v) is 2.86. The number of hydrogen-bond acceptors (Lipinski definition) is 4. The van der Waals surface area contributed by atoms with Crippen LogP contribution in [-0.4, -0.2) is 23.4 Å². The van der Waals surface area contributed by atoms with Crippen LogP contribution in [-0.2, 0) is 11.2 Å². The number of amidine groups is 1. The largest absolute Gasteiger partial charge is 0.377 e. The van der Waals surface area contributed by atoms with Gasteiger partial charge in [-0.25, -0.2) is 0 Å². The molecule has 1 rings (SSSR count). The molecule has 1 aromatic rings. The van der Waals surface area contributed by atoms with Crippen molar-refractivity contribution in [2.45, 2.75) is 6.42 Å². The maximum Gasteiger partial charge on any atom is 0.230 e. The van der Waals surface area contributed by atoms with E-state index >= 15 is 0 Å². The lowest BCUT2D eigenvalue weighted by atomic mass is 10.1. The van der Waals surface area contributed by atoms with Crippen molar-refractivity contribution in [1.82, 2.24) is 5.32 Å². The number of thioether (sulfide) groups is 1. The highest BCUT2D eigenvalue weighted by Gasteiger charge is 2.02. The van der Waals surface area contributed by atoms with Gasteiger partial charge in [-0.2, -0.15) is 5.10 Å². The van der Waals surface area contributed by atoms with Crippen LogP contribution >= 0.6 is 11.8 Å². The number of nitrogens with two attached hydrogens (primary N) is 2. The number of rotatable bonds is 5. The Hall–Kier alpha value is -1.69. The van der Waals surface area contributed by atoms with Crippen LogP contribution in [0.2, 0.25) is 0 Å². The van der Waals surface area contributed by atoms with E-state index in [4.69, 9.17) is 11.6 Å². The van der Waals surface area contributed by atoms with E-state index in [1.54, 1.807) is 0 Å². The van der Waals surface area contributed by atoms with E-state index in [1.807, 2.05) is 30.3 Å². The fourth-order valence-corrected chi connectivity index (χ4v) is 1.67. The first-order valence-electron chi connectivity index (χ1n) is 5.19. The minimum absolute atomic E-state index is 0.0717. The zero-order valence-electron chi connectivity index (χ0n) is 9.43. The molecule has 0 aliphatic rings. The van der Waals surface area contributed by atoms with Gasteiger partial charge in [0.1, 0.15) is 0 Å². The lowest BCUT2D eigenvalue weighted by molar-refractivity contribution is -0.118. The van der Waals surface area contributed by atoms with Gasteiger partial charge < -0.3 is 16.9 Å². The number of carbonyl (C=O) groups is 1. The average molecular weight is 252 g/mol. The first kappa shape index (κ1) is 13.4. The van der Waals surface area contributed by atoms with E-state index in [2.05, 4.69) is 10.4 Å². The van der Waals surface area contributed by atoms with Gasteiger partial charge in [-0.05, 0) is 12.0 Å². The highest BCUT2D eigenvalue weighted by molar-refractivity contribution is 8.14. The molecule has 5 N–H and O–H groups in total. The summed E-state index contributed by atoms with van der Waals surface area (Å²) < 4.78 is 0. The average Bonchev–Trinajstić information content (AvgIpc) is 2.37. The number of hydrazone groups is 1. The number of hydrogen-bond donors (Lipinski definition) is 3. The predicted octanol–water partition coefficient (Wildman–Crippen LogP) is 0.267. The standard InChI is InChI=1S/C11H16N4OS/c12-11(15-13)17-8-10(16)14-7-6-9-4-2-1-3-5-9/h1-5H,6-8,13H2,(H2,12,15)(H,14,16). The van der Waals surface area contributed by atoms with Crippen molar-refractivity contribution in [3.63, 3.8) is 0 Å². The van der Waals surface area contributed by atoms with E-state index in [0.717, 1.165) is 18.2 Å². The van der Waals surface area contributed by atoms with Crippen LogP contribution in [0.4, 0.5) is 0 Å². The minimum Gasteiger partial charge on any atom is -0.377 e. The third kappa shape index (κ3) is 5.82. The molecule has 0 saturated carbocycles. The summed E-state index contributed by atoms with van der Waals surface area (Å²) in [6, 6.07) is 9.98. The summed E-state index contributed by atoms with van der Waals surface area (Å²) in [5, 5.41) is 6.28. The second-order valence-electron chi connectivity index (χ2n) is 3.34. The predicted molar refractivity (Wildman–Crippen MR) is 71.4 cm³/mol. The van der Waals surface area contributed by atoms with Crippen molar-refractivity contribution in [3.05, 3.63) is 35.9 Å². The van der Waals surface area contributed by atoms with Gasteiger partial charge in [-0.1, -0.05) is 42.1 Å². The zero-order valence-corrected chi connectivity index (χ0v) is 10.2. The lowest BCUT2D eigenvalue weighted by Gasteiger charge is -2.04. The summed E-state index contributed by atoms with van der Waals surface area (Å²) >= 11 is 1.12. The van der Waals surface area contributed by atoms with Crippen molar-refractivity contribution >= 4 is 22.8 Å². The van der Waals surface area contributed by atoms with Crippen LogP contribution in [0.15, 0.2) is 35.4 Å². The van der Waals surface area contributed by atoms with Gasteiger partial charge in [0, 0.05) is 6.54 Å². The summed E-state index contributed by atoms with van der Waals surface area (Å²) in [5.41, 5.74) is 6.55. The second-order valence-corrected chi connectivity index (χ2v) is 4.34. The second kappa shape index (κ2) is 7.56. The molecule has 0 aromatic heterocycles. The molecule has 6 heteroatoms. The normalized spacial score (nSPS) is 11.2. The van der Waals surface area contributed by atoms with Crippen molar-refractivity contribution in [1.29, 1.82) is 0 Å². The number of nitrogens with zero attached hydrogens (tertiary/aromatic N) is 1. The van der Waals surface area contributed by atoms with Crippen LogP contribution in [0.25, 0.3) is 0 Å². The van der Waals surface area contributed by atoms with E-state index < -0.39 is 0 Å². The van der Waals surface area contributed by atoms with Crippen LogP contribution in [0.1, 0.15) is 5.56 Å². The summed E-state index contributed by atoms with van der Waals surface area (Å²) in [7, 11) is 0. The highest BCUT2D eigenvalue weighted by Crippen LogP contribution is 1.99. The first-order valence-corrected chi connectivity index (χ1v) is 6.17.